The van der Waals surface area contributed by atoms with Gasteiger partial charge in [-0.2, -0.15) is 0 Å². The lowest BCUT2D eigenvalue weighted by molar-refractivity contribution is -0.149. The number of halogens is 2. The molecular weight excluding hydrogens is 296 g/mol. The maximum absolute atomic E-state index is 13.3. The van der Waals surface area contributed by atoms with E-state index in [4.69, 9.17) is 4.74 Å². The van der Waals surface area contributed by atoms with Crippen LogP contribution in [0.25, 0.3) is 0 Å². The Morgan fingerprint density at radius 2 is 2.19 bits per heavy atom. The van der Waals surface area contributed by atoms with Crippen molar-refractivity contribution in [2.75, 3.05) is 14.2 Å². The molecule has 1 aromatic carbocycles. The van der Waals surface area contributed by atoms with Gasteiger partial charge in [-0.3, -0.25) is 4.79 Å². The molecule has 1 aromatic rings. The first kappa shape index (κ1) is 16.2. The van der Waals surface area contributed by atoms with Crippen LogP contribution in [-0.2, 0) is 9.53 Å². The van der Waals surface area contributed by atoms with Crippen LogP contribution in [-0.4, -0.2) is 30.9 Å². The van der Waals surface area contributed by atoms with Crippen molar-refractivity contribution in [2.45, 2.75) is 41.4 Å². The molecule has 2 atom stereocenters. The third-order valence-electron chi connectivity index (χ3n) is 3.95. The number of nitrogens with one attached hydrogen (secondary N) is 1. The minimum atomic E-state index is -0.845. The summed E-state index contributed by atoms with van der Waals surface area (Å²) in [7, 11) is 3.13. The molecule has 1 saturated carbocycles. The Morgan fingerprint density at radius 1 is 1.43 bits per heavy atom. The molecule has 1 fully saturated rings. The number of esters is 1. The van der Waals surface area contributed by atoms with E-state index in [9.17, 15) is 13.6 Å². The van der Waals surface area contributed by atoms with Crippen molar-refractivity contribution in [3.8, 4) is 0 Å². The van der Waals surface area contributed by atoms with E-state index in [-0.39, 0.29) is 11.2 Å². The predicted molar refractivity (Wildman–Crippen MR) is 78.3 cm³/mol. The van der Waals surface area contributed by atoms with Gasteiger partial charge in [0.05, 0.1) is 7.11 Å². The highest BCUT2D eigenvalue weighted by Crippen LogP contribution is 2.39. The number of benzene rings is 1. The minimum Gasteiger partial charge on any atom is -0.468 e. The molecule has 0 heterocycles. The highest BCUT2D eigenvalue weighted by Gasteiger charge is 2.42. The lowest BCUT2D eigenvalue weighted by Crippen LogP contribution is -2.54. The monoisotopic (exact) mass is 315 g/mol. The molecule has 1 aliphatic carbocycles. The molecule has 1 aliphatic rings. The molecule has 0 bridgehead atoms. The number of methoxy groups -OCH3 is 1. The molecule has 2 unspecified atom stereocenters. The number of ether oxygens (including phenoxy) is 1. The van der Waals surface area contributed by atoms with Gasteiger partial charge in [-0.1, -0.05) is 0 Å². The number of rotatable bonds is 4. The number of carbonyl (C=O) groups is 1. The lowest BCUT2D eigenvalue weighted by Gasteiger charge is -2.38. The van der Waals surface area contributed by atoms with E-state index >= 15 is 0 Å². The Hall–Kier alpha value is -1.14. The standard InChI is InChI=1S/C15H19F2NO2S/c1-18-15(14(19)20-2)7-3-4-11(9-15)21-10-5-6-12(16)13(17)8-10/h5-6,8,11,18H,3-4,7,9H2,1-2H3. The molecule has 21 heavy (non-hydrogen) atoms. The second-order valence-electron chi connectivity index (χ2n) is 5.24. The van der Waals surface area contributed by atoms with Gasteiger partial charge in [-0.15, -0.1) is 11.8 Å². The first-order valence-electron chi connectivity index (χ1n) is 6.90. The van der Waals surface area contributed by atoms with Crippen molar-refractivity contribution in [1.29, 1.82) is 0 Å². The zero-order valence-corrected chi connectivity index (χ0v) is 12.9. The molecule has 0 spiro atoms. The zero-order valence-electron chi connectivity index (χ0n) is 12.1. The third-order valence-corrected chi connectivity index (χ3v) is 5.22. The molecule has 2 rings (SSSR count). The number of likely N-dealkylation sites (N-methyl/N-ethyl adjacent to an activating group) is 1. The molecule has 0 radical (unpaired) electrons. The normalized spacial score (nSPS) is 25.6. The first-order chi connectivity index (χ1) is 10.0. The number of thioether (sulfide) groups is 1. The van der Waals surface area contributed by atoms with Gasteiger partial charge >= 0.3 is 5.97 Å². The van der Waals surface area contributed by atoms with E-state index in [1.165, 1.54) is 24.9 Å². The summed E-state index contributed by atoms with van der Waals surface area (Å²) in [4.78, 5) is 12.7. The smallest absolute Gasteiger partial charge is 0.326 e. The van der Waals surface area contributed by atoms with E-state index in [1.807, 2.05) is 0 Å². The van der Waals surface area contributed by atoms with E-state index in [0.29, 0.717) is 11.3 Å². The van der Waals surface area contributed by atoms with Gasteiger partial charge in [0.25, 0.3) is 0 Å². The maximum Gasteiger partial charge on any atom is 0.326 e. The lowest BCUT2D eigenvalue weighted by atomic mass is 9.81. The molecular formula is C15H19F2NO2S. The Bertz CT molecular complexity index is 526. The van der Waals surface area contributed by atoms with Crippen LogP contribution in [0.2, 0.25) is 0 Å². The highest BCUT2D eigenvalue weighted by atomic mass is 32.2. The van der Waals surface area contributed by atoms with Gasteiger partial charge in [0, 0.05) is 10.1 Å². The van der Waals surface area contributed by atoms with Gasteiger partial charge in [0.2, 0.25) is 0 Å². The van der Waals surface area contributed by atoms with Crippen molar-refractivity contribution >= 4 is 17.7 Å². The first-order valence-corrected chi connectivity index (χ1v) is 7.78. The largest absolute Gasteiger partial charge is 0.468 e. The summed E-state index contributed by atoms with van der Waals surface area (Å²) in [5.74, 6) is -1.95. The molecule has 0 aliphatic heterocycles. The predicted octanol–water partition coefficient (Wildman–Crippen LogP) is 3.13. The zero-order chi connectivity index (χ0) is 15.5. The molecule has 6 heteroatoms. The quantitative estimate of drug-likeness (QED) is 0.867. The molecule has 1 N–H and O–H groups in total. The summed E-state index contributed by atoms with van der Waals surface area (Å²) in [5, 5.41) is 3.24. The van der Waals surface area contributed by atoms with Crippen LogP contribution in [0.3, 0.4) is 0 Å². The van der Waals surface area contributed by atoms with Crippen molar-refractivity contribution < 1.29 is 18.3 Å². The SMILES string of the molecule is CNC1(C(=O)OC)CCCC(Sc2ccc(F)c(F)c2)C1. The van der Waals surface area contributed by atoms with Crippen LogP contribution < -0.4 is 5.32 Å². The average molecular weight is 315 g/mol. The second-order valence-corrected chi connectivity index (χ2v) is 6.61. The van der Waals surface area contributed by atoms with E-state index in [2.05, 4.69) is 5.32 Å². The number of hydrogen-bond acceptors (Lipinski definition) is 4. The van der Waals surface area contributed by atoms with Gasteiger partial charge in [-0.25, -0.2) is 8.78 Å². The third kappa shape index (κ3) is 3.55. The summed E-state index contributed by atoms with van der Waals surface area (Å²) in [6, 6.07) is 3.90. The van der Waals surface area contributed by atoms with E-state index < -0.39 is 17.2 Å². The van der Waals surface area contributed by atoms with Crippen LogP contribution in [0.1, 0.15) is 25.7 Å². The summed E-state index contributed by atoms with van der Waals surface area (Å²) >= 11 is 1.48. The Kier molecular flexibility index (Phi) is 5.22. The van der Waals surface area contributed by atoms with Gasteiger partial charge in [-0.05, 0) is 50.9 Å². The molecule has 3 nitrogen and oxygen atoms in total. The summed E-state index contributed by atoms with van der Waals surface area (Å²) < 4.78 is 31.1. The fraction of sp³-hybridized carbons (Fsp3) is 0.533. The van der Waals surface area contributed by atoms with Crippen LogP contribution >= 0.6 is 11.8 Å². The Labute approximate surface area is 127 Å². The Morgan fingerprint density at radius 3 is 2.81 bits per heavy atom. The van der Waals surface area contributed by atoms with Crippen molar-refractivity contribution in [2.24, 2.45) is 0 Å². The average Bonchev–Trinajstić information content (AvgIpc) is 2.50. The number of carbonyl (C=O) groups excluding carboxylic acids is 1. The number of hydrogen-bond donors (Lipinski definition) is 1. The van der Waals surface area contributed by atoms with Crippen molar-refractivity contribution in [3.05, 3.63) is 29.8 Å². The molecule has 116 valence electrons. The fourth-order valence-corrected chi connectivity index (χ4v) is 4.13. The molecule has 0 saturated heterocycles. The Balaban J connectivity index is 2.10. The molecule has 0 aromatic heterocycles. The van der Waals surface area contributed by atoms with Crippen LogP contribution in [0.5, 0.6) is 0 Å². The van der Waals surface area contributed by atoms with E-state index in [1.54, 1.807) is 13.1 Å². The van der Waals surface area contributed by atoms with Gasteiger partial charge < -0.3 is 10.1 Å². The summed E-state index contributed by atoms with van der Waals surface area (Å²) in [6.07, 6.45) is 3.16. The highest BCUT2D eigenvalue weighted by molar-refractivity contribution is 8.00. The summed E-state index contributed by atoms with van der Waals surface area (Å²) in [6.45, 7) is 0. The van der Waals surface area contributed by atoms with Gasteiger partial charge in [0.1, 0.15) is 5.54 Å². The van der Waals surface area contributed by atoms with E-state index in [0.717, 1.165) is 25.3 Å². The maximum atomic E-state index is 13.3. The summed E-state index contributed by atoms with van der Waals surface area (Å²) in [5.41, 5.74) is -0.677. The van der Waals surface area contributed by atoms with Crippen molar-refractivity contribution in [3.63, 3.8) is 0 Å². The fourth-order valence-electron chi connectivity index (χ4n) is 2.78. The topological polar surface area (TPSA) is 38.3 Å². The van der Waals surface area contributed by atoms with Crippen LogP contribution in [0, 0.1) is 11.6 Å². The van der Waals surface area contributed by atoms with Crippen LogP contribution in [0.4, 0.5) is 8.78 Å². The van der Waals surface area contributed by atoms with Crippen LogP contribution in [0.15, 0.2) is 23.1 Å². The minimum absolute atomic E-state index is 0.162. The van der Waals surface area contributed by atoms with Gasteiger partial charge in [0.15, 0.2) is 11.6 Å². The second kappa shape index (κ2) is 6.75. The molecule has 0 amide bonds. The van der Waals surface area contributed by atoms with Crippen molar-refractivity contribution in [1.82, 2.24) is 5.32 Å².